The van der Waals surface area contributed by atoms with Crippen LogP contribution < -0.4 is 0 Å². The molecule has 6 nitrogen and oxygen atoms in total. The highest BCUT2D eigenvalue weighted by atomic mass is 16.2. The van der Waals surface area contributed by atoms with Crippen LogP contribution in [0.3, 0.4) is 0 Å². The zero-order valence-corrected chi connectivity index (χ0v) is 16.2. The Morgan fingerprint density at radius 3 is 2.31 bits per heavy atom. The summed E-state index contributed by atoms with van der Waals surface area (Å²) < 4.78 is 0. The maximum absolute atomic E-state index is 13.1. The summed E-state index contributed by atoms with van der Waals surface area (Å²) in [5, 5.41) is 0. The highest BCUT2D eigenvalue weighted by Gasteiger charge is 2.29. The number of hydrogen-bond acceptors (Lipinski definition) is 4. The third-order valence-electron chi connectivity index (χ3n) is 5.62. The summed E-state index contributed by atoms with van der Waals surface area (Å²) in [5.41, 5.74) is 2.62. The van der Waals surface area contributed by atoms with Crippen LogP contribution in [0.15, 0.2) is 12.1 Å². The largest absolute Gasteiger partial charge is 0.343 e. The first-order valence-corrected chi connectivity index (χ1v) is 9.72. The molecule has 6 heteroatoms. The molecular formula is C20H30N4O2. The first-order valence-electron chi connectivity index (χ1n) is 9.72. The molecule has 2 aliphatic heterocycles. The highest BCUT2D eigenvalue weighted by Crippen LogP contribution is 2.30. The van der Waals surface area contributed by atoms with Gasteiger partial charge in [-0.3, -0.25) is 14.6 Å². The van der Waals surface area contributed by atoms with Crippen LogP contribution in [0.2, 0.25) is 0 Å². The Morgan fingerprint density at radius 2 is 1.69 bits per heavy atom. The molecule has 3 heterocycles. The molecule has 26 heavy (non-hydrogen) atoms. The molecule has 2 saturated heterocycles. The van der Waals surface area contributed by atoms with Gasteiger partial charge in [-0.25, -0.2) is 0 Å². The van der Waals surface area contributed by atoms with Gasteiger partial charge in [0.1, 0.15) is 0 Å². The number of likely N-dealkylation sites (N-methyl/N-ethyl adjacent to an activating group) is 1. The number of carbonyl (C=O) groups excluding carboxylic acids is 2. The van der Waals surface area contributed by atoms with Crippen molar-refractivity contribution in [1.82, 2.24) is 19.7 Å². The minimum absolute atomic E-state index is 0.104. The average Bonchev–Trinajstić information content (AvgIpc) is 2.67. The number of nitrogens with zero attached hydrogens (tertiary/aromatic N) is 4. The first kappa shape index (κ1) is 18.8. The molecule has 2 amide bonds. The second-order valence-electron chi connectivity index (χ2n) is 7.49. The molecule has 0 aliphatic carbocycles. The van der Waals surface area contributed by atoms with Gasteiger partial charge in [-0.05, 0) is 38.9 Å². The predicted molar refractivity (Wildman–Crippen MR) is 101 cm³/mol. The Labute approximate surface area is 156 Å². The van der Waals surface area contributed by atoms with E-state index in [9.17, 15) is 9.59 Å². The number of hydrogen-bond donors (Lipinski definition) is 0. The Morgan fingerprint density at radius 1 is 1.04 bits per heavy atom. The average molecular weight is 358 g/mol. The molecule has 0 atom stereocenters. The molecule has 0 bridgehead atoms. The number of rotatable bonds is 3. The maximum Gasteiger partial charge on any atom is 0.255 e. The monoisotopic (exact) mass is 358 g/mol. The molecule has 0 unspecified atom stereocenters. The third-order valence-corrected chi connectivity index (χ3v) is 5.62. The molecule has 1 aromatic heterocycles. The van der Waals surface area contributed by atoms with E-state index in [1.807, 2.05) is 35.8 Å². The molecule has 2 aliphatic rings. The van der Waals surface area contributed by atoms with Crippen LogP contribution in [-0.2, 0) is 4.79 Å². The van der Waals surface area contributed by atoms with E-state index in [-0.39, 0.29) is 17.7 Å². The molecule has 3 rings (SSSR count). The normalized spacial score (nSPS) is 19.7. The fraction of sp³-hybridized carbons (Fsp3) is 0.650. The molecule has 0 saturated carbocycles. The van der Waals surface area contributed by atoms with Crippen LogP contribution in [-0.4, -0.2) is 77.8 Å². The van der Waals surface area contributed by atoms with Crippen LogP contribution in [0.4, 0.5) is 0 Å². The van der Waals surface area contributed by atoms with E-state index < -0.39 is 0 Å². The summed E-state index contributed by atoms with van der Waals surface area (Å²) in [6, 6.07) is 3.88. The van der Waals surface area contributed by atoms with Gasteiger partial charge in [0.2, 0.25) is 5.91 Å². The summed E-state index contributed by atoms with van der Waals surface area (Å²) in [5.74, 6) is 0.573. The van der Waals surface area contributed by atoms with Crippen LogP contribution in [0, 0.1) is 6.92 Å². The highest BCUT2D eigenvalue weighted by molar-refractivity contribution is 5.95. The van der Waals surface area contributed by atoms with Crippen LogP contribution in [0.25, 0.3) is 0 Å². The summed E-state index contributed by atoms with van der Waals surface area (Å²) >= 11 is 0. The van der Waals surface area contributed by atoms with Crippen molar-refractivity contribution in [2.24, 2.45) is 0 Å². The van der Waals surface area contributed by atoms with Gasteiger partial charge in [-0.1, -0.05) is 6.92 Å². The summed E-state index contributed by atoms with van der Waals surface area (Å²) in [6.07, 6.45) is 2.32. The first-order chi connectivity index (χ1) is 12.5. The standard InChI is InChI=1S/C20H30N4O2/c1-4-18(25)23-9-7-16(8-10-23)19-17(6-5-15(2)21-19)20(26)24-13-11-22(3)12-14-24/h5-6,16H,4,7-14H2,1-3H3. The number of carbonyl (C=O) groups is 2. The minimum atomic E-state index is 0.104. The van der Waals surface area contributed by atoms with Gasteiger partial charge in [0.15, 0.2) is 0 Å². The van der Waals surface area contributed by atoms with E-state index in [1.54, 1.807) is 0 Å². The molecular weight excluding hydrogens is 328 g/mol. The van der Waals surface area contributed by atoms with E-state index in [1.165, 1.54) is 0 Å². The number of aryl methyl sites for hydroxylation is 1. The number of pyridine rings is 1. The number of piperidine rings is 1. The molecule has 1 aromatic rings. The fourth-order valence-electron chi connectivity index (χ4n) is 3.87. The summed E-state index contributed by atoms with van der Waals surface area (Å²) in [4.78, 5) is 35.9. The lowest BCUT2D eigenvalue weighted by Gasteiger charge is -2.34. The van der Waals surface area contributed by atoms with Crippen molar-refractivity contribution in [2.75, 3.05) is 46.3 Å². The Kier molecular flexibility index (Phi) is 5.91. The summed E-state index contributed by atoms with van der Waals surface area (Å²) in [7, 11) is 2.09. The predicted octanol–water partition coefficient (Wildman–Crippen LogP) is 1.89. The fourth-order valence-corrected chi connectivity index (χ4v) is 3.87. The lowest BCUT2D eigenvalue weighted by atomic mass is 9.89. The van der Waals surface area contributed by atoms with Gasteiger partial charge in [-0.15, -0.1) is 0 Å². The molecule has 0 radical (unpaired) electrons. The molecule has 0 spiro atoms. The topological polar surface area (TPSA) is 56.8 Å². The summed E-state index contributed by atoms with van der Waals surface area (Å²) in [6.45, 7) is 8.77. The molecule has 2 fully saturated rings. The van der Waals surface area contributed by atoms with Crippen molar-refractivity contribution >= 4 is 11.8 Å². The van der Waals surface area contributed by atoms with E-state index in [0.29, 0.717) is 6.42 Å². The maximum atomic E-state index is 13.1. The van der Waals surface area contributed by atoms with Gasteiger partial charge >= 0.3 is 0 Å². The second-order valence-corrected chi connectivity index (χ2v) is 7.49. The van der Waals surface area contributed by atoms with Gasteiger partial charge in [-0.2, -0.15) is 0 Å². The van der Waals surface area contributed by atoms with Crippen LogP contribution in [0.1, 0.15) is 53.8 Å². The molecule has 142 valence electrons. The number of piperazine rings is 1. The lowest BCUT2D eigenvalue weighted by molar-refractivity contribution is -0.131. The zero-order valence-electron chi connectivity index (χ0n) is 16.2. The number of amides is 2. The second kappa shape index (κ2) is 8.16. The van der Waals surface area contributed by atoms with Gasteiger partial charge in [0.05, 0.1) is 11.3 Å². The van der Waals surface area contributed by atoms with Crippen molar-refractivity contribution in [3.63, 3.8) is 0 Å². The van der Waals surface area contributed by atoms with Crippen molar-refractivity contribution in [2.45, 2.75) is 39.0 Å². The van der Waals surface area contributed by atoms with Gasteiger partial charge in [0, 0.05) is 57.3 Å². The van der Waals surface area contributed by atoms with Crippen molar-refractivity contribution in [3.8, 4) is 0 Å². The van der Waals surface area contributed by atoms with Gasteiger partial charge < -0.3 is 14.7 Å². The van der Waals surface area contributed by atoms with Gasteiger partial charge in [0.25, 0.3) is 5.91 Å². The SMILES string of the molecule is CCC(=O)N1CCC(c2nc(C)ccc2C(=O)N2CCN(C)CC2)CC1. The smallest absolute Gasteiger partial charge is 0.255 e. The quantitative estimate of drug-likeness (QED) is 0.828. The van der Waals surface area contributed by atoms with E-state index in [4.69, 9.17) is 4.98 Å². The third kappa shape index (κ3) is 4.06. The lowest BCUT2D eigenvalue weighted by Crippen LogP contribution is -2.47. The van der Waals surface area contributed by atoms with Crippen molar-refractivity contribution in [3.05, 3.63) is 29.1 Å². The zero-order chi connectivity index (χ0) is 18.7. The van der Waals surface area contributed by atoms with Crippen molar-refractivity contribution in [1.29, 1.82) is 0 Å². The Hall–Kier alpha value is -1.95. The minimum Gasteiger partial charge on any atom is -0.343 e. The van der Waals surface area contributed by atoms with Crippen molar-refractivity contribution < 1.29 is 9.59 Å². The van der Waals surface area contributed by atoms with Crippen LogP contribution >= 0.6 is 0 Å². The number of aromatic nitrogens is 1. The van der Waals surface area contributed by atoms with E-state index >= 15 is 0 Å². The van der Waals surface area contributed by atoms with E-state index in [0.717, 1.165) is 69.1 Å². The van der Waals surface area contributed by atoms with Crippen LogP contribution in [0.5, 0.6) is 0 Å². The molecule has 0 aromatic carbocycles. The van der Waals surface area contributed by atoms with E-state index in [2.05, 4.69) is 11.9 Å². The number of likely N-dealkylation sites (tertiary alicyclic amines) is 1. The molecule has 0 N–H and O–H groups in total. The Bertz CT molecular complexity index is 660. The Balaban J connectivity index is 1.76.